The van der Waals surface area contributed by atoms with Crippen LogP contribution in [0, 0.1) is 0 Å². The molecular formula is C21H26ClNO4. The van der Waals surface area contributed by atoms with Crippen LogP contribution in [0.3, 0.4) is 0 Å². The third kappa shape index (κ3) is 5.54. The monoisotopic (exact) mass is 391 g/mol. The fourth-order valence-corrected chi connectivity index (χ4v) is 2.96. The average Bonchev–Trinajstić information content (AvgIpc) is 2.69. The predicted octanol–water partition coefficient (Wildman–Crippen LogP) is 4.78. The standard InChI is InChI=1S/C21H26ClNO4/c1-5-17(14-10-11-19(25-3)20(12-14)26-4)23-21(24)18(6-2)27-16-9-7-8-15(22)13-16/h7-13,17-18H,5-6H2,1-4H3,(H,23,24)/t17-,18+/m1/s1. The number of halogens is 1. The van der Waals surface area contributed by atoms with Gasteiger partial charge >= 0.3 is 0 Å². The van der Waals surface area contributed by atoms with Crippen molar-refractivity contribution < 1.29 is 19.0 Å². The zero-order chi connectivity index (χ0) is 19.8. The normalized spacial score (nSPS) is 12.8. The lowest BCUT2D eigenvalue weighted by atomic mass is 10.0. The van der Waals surface area contributed by atoms with Gasteiger partial charge in [0.1, 0.15) is 5.75 Å². The van der Waals surface area contributed by atoms with E-state index in [-0.39, 0.29) is 11.9 Å². The number of benzene rings is 2. The van der Waals surface area contributed by atoms with Gasteiger partial charge in [0.2, 0.25) is 0 Å². The number of ether oxygens (including phenoxy) is 3. The van der Waals surface area contributed by atoms with Crippen LogP contribution in [-0.2, 0) is 4.79 Å². The van der Waals surface area contributed by atoms with E-state index in [1.165, 1.54) is 0 Å². The molecule has 2 atom stereocenters. The molecule has 2 aromatic rings. The minimum atomic E-state index is -0.599. The van der Waals surface area contributed by atoms with E-state index >= 15 is 0 Å². The molecule has 0 saturated heterocycles. The first-order chi connectivity index (χ1) is 13.0. The topological polar surface area (TPSA) is 56.8 Å². The molecule has 2 aromatic carbocycles. The second kappa shape index (κ2) is 10.1. The average molecular weight is 392 g/mol. The second-order valence-electron chi connectivity index (χ2n) is 6.06. The van der Waals surface area contributed by atoms with Gasteiger partial charge < -0.3 is 19.5 Å². The fraction of sp³-hybridized carbons (Fsp3) is 0.381. The molecule has 1 amide bonds. The molecule has 2 rings (SSSR count). The Hall–Kier alpha value is -2.40. The van der Waals surface area contributed by atoms with Crippen LogP contribution in [0.25, 0.3) is 0 Å². The molecule has 0 aliphatic heterocycles. The van der Waals surface area contributed by atoms with Crippen molar-refractivity contribution in [1.29, 1.82) is 0 Å². The van der Waals surface area contributed by atoms with Crippen LogP contribution in [0.4, 0.5) is 0 Å². The van der Waals surface area contributed by atoms with Crippen molar-refractivity contribution in [2.24, 2.45) is 0 Å². The van der Waals surface area contributed by atoms with Gasteiger partial charge in [0.25, 0.3) is 5.91 Å². The Bertz CT molecular complexity index is 766. The number of methoxy groups -OCH3 is 2. The number of carbonyl (C=O) groups is 1. The lowest BCUT2D eigenvalue weighted by Crippen LogP contribution is -2.39. The highest BCUT2D eigenvalue weighted by atomic mass is 35.5. The smallest absolute Gasteiger partial charge is 0.261 e. The first-order valence-corrected chi connectivity index (χ1v) is 9.34. The van der Waals surface area contributed by atoms with E-state index in [4.69, 9.17) is 25.8 Å². The molecule has 1 N–H and O–H groups in total. The highest BCUT2D eigenvalue weighted by molar-refractivity contribution is 6.30. The molecule has 0 spiro atoms. The first kappa shape index (κ1) is 20.9. The van der Waals surface area contributed by atoms with E-state index in [9.17, 15) is 4.79 Å². The van der Waals surface area contributed by atoms with Gasteiger partial charge in [-0.25, -0.2) is 0 Å². The maximum Gasteiger partial charge on any atom is 0.261 e. The quantitative estimate of drug-likeness (QED) is 0.668. The van der Waals surface area contributed by atoms with Crippen LogP contribution in [0.15, 0.2) is 42.5 Å². The highest BCUT2D eigenvalue weighted by Gasteiger charge is 2.22. The van der Waals surface area contributed by atoms with Crippen LogP contribution in [-0.4, -0.2) is 26.2 Å². The number of hydrogen-bond acceptors (Lipinski definition) is 4. The Morgan fingerprint density at radius 1 is 1.04 bits per heavy atom. The maximum absolute atomic E-state index is 12.8. The third-order valence-electron chi connectivity index (χ3n) is 4.27. The van der Waals surface area contributed by atoms with Crippen molar-refractivity contribution in [3.63, 3.8) is 0 Å². The Balaban J connectivity index is 2.12. The summed E-state index contributed by atoms with van der Waals surface area (Å²) in [5.41, 5.74) is 0.945. The van der Waals surface area contributed by atoms with Crippen LogP contribution < -0.4 is 19.5 Å². The molecule has 5 nitrogen and oxygen atoms in total. The molecule has 0 aromatic heterocycles. The van der Waals surface area contributed by atoms with Gasteiger partial charge in [0.05, 0.1) is 20.3 Å². The second-order valence-corrected chi connectivity index (χ2v) is 6.49. The summed E-state index contributed by atoms with van der Waals surface area (Å²) in [6.07, 6.45) is 0.674. The van der Waals surface area contributed by atoms with Gasteiger partial charge in [-0.1, -0.05) is 37.6 Å². The van der Waals surface area contributed by atoms with Gasteiger partial charge in [-0.3, -0.25) is 4.79 Å². The molecule has 0 aliphatic rings. The summed E-state index contributed by atoms with van der Waals surface area (Å²) >= 11 is 5.99. The lowest BCUT2D eigenvalue weighted by molar-refractivity contribution is -0.128. The molecule has 0 aliphatic carbocycles. The molecular weight excluding hydrogens is 366 g/mol. The Kier molecular flexibility index (Phi) is 7.80. The number of nitrogens with one attached hydrogen (secondary N) is 1. The van der Waals surface area contributed by atoms with Gasteiger partial charge in [0, 0.05) is 5.02 Å². The van der Waals surface area contributed by atoms with E-state index in [1.54, 1.807) is 38.5 Å². The summed E-state index contributed by atoms with van der Waals surface area (Å²) in [5.74, 6) is 1.69. The van der Waals surface area contributed by atoms with E-state index in [0.29, 0.717) is 28.7 Å². The lowest BCUT2D eigenvalue weighted by Gasteiger charge is -2.23. The number of rotatable bonds is 9. The van der Waals surface area contributed by atoms with E-state index in [2.05, 4.69) is 5.32 Å². The molecule has 27 heavy (non-hydrogen) atoms. The Morgan fingerprint density at radius 3 is 2.37 bits per heavy atom. The molecule has 6 heteroatoms. The van der Waals surface area contributed by atoms with Crippen molar-refractivity contribution in [2.45, 2.75) is 38.8 Å². The summed E-state index contributed by atoms with van der Waals surface area (Å²) in [6.45, 7) is 3.92. The first-order valence-electron chi connectivity index (χ1n) is 8.96. The zero-order valence-electron chi connectivity index (χ0n) is 16.1. The van der Waals surface area contributed by atoms with Crippen molar-refractivity contribution in [1.82, 2.24) is 5.32 Å². The van der Waals surface area contributed by atoms with Gasteiger partial charge in [-0.15, -0.1) is 0 Å². The van der Waals surface area contributed by atoms with Crippen molar-refractivity contribution in [3.8, 4) is 17.2 Å². The van der Waals surface area contributed by atoms with Crippen LogP contribution in [0.5, 0.6) is 17.2 Å². The summed E-state index contributed by atoms with van der Waals surface area (Å²) < 4.78 is 16.5. The zero-order valence-corrected chi connectivity index (χ0v) is 16.9. The Labute approximate surface area is 165 Å². The summed E-state index contributed by atoms with van der Waals surface area (Å²) in [4.78, 5) is 12.8. The van der Waals surface area contributed by atoms with Crippen LogP contribution >= 0.6 is 11.6 Å². The van der Waals surface area contributed by atoms with E-state index in [0.717, 1.165) is 12.0 Å². The van der Waals surface area contributed by atoms with Gasteiger partial charge in [-0.2, -0.15) is 0 Å². The van der Waals surface area contributed by atoms with Crippen LogP contribution in [0.2, 0.25) is 5.02 Å². The van der Waals surface area contributed by atoms with Crippen molar-refractivity contribution >= 4 is 17.5 Å². The number of carbonyl (C=O) groups excluding carboxylic acids is 1. The molecule has 0 radical (unpaired) electrons. The number of hydrogen-bond donors (Lipinski definition) is 1. The maximum atomic E-state index is 12.8. The van der Waals surface area contributed by atoms with Crippen molar-refractivity contribution in [3.05, 3.63) is 53.1 Å². The predicted molar refractivity (Wildman–Crippen MR) is 107 cm³/mol. The Morgan fingerprint density at radius 2 is 1.78 bits per heavy atom. The molecule has 0 bridgehead atoms. The minimum absolute atomic E-state index is 0.158. The molecule has 0 unspecified atom stereocenters. The molecule has 0 saturated carbocycles. The van der Waals surface area contributed by atoms with E-state index in [1.807, 2.05) is 32.0 Å². The van der Waals surface area contributed by atoms with E-state index < -0.39 is 6.10 Å². The molecule has 0 fully saturated rings. The fourth-order valence-electron chi connectivity index (χ4n) is 2.78. The van der Waals surface area contributed by atoms with Crippen molar-refractivity contribution in [2.75, 3.05) is 14.2 Å². The molecule has 0 heterocycles. The minimum Gasteiger partial charge on any atom is -0.493 e. The SMILES string of the molecule is CC[C@H](Oc1cccc(Cl)c1)C(=O)N[C@H](CC)c1ccc(OC)c(OC)c1. The summed E-state index contributed by atoms with van der Waals surface area (Å²) in [5, 5.41) is 3.63. The van der Waals surface area contributed by atoms with Gasteiger partial charge in [0.15, 0.2) is 17.6 Å². The molecule has 146 valence electrons. The van der Waals surface area contributed by atoms with Gasteiger partial charge in [-0.05, 0) is 48.7 Å². The summed E-state index contributed by atoms with van der Waals surface area (Å²) in [7, 11) is 3.18. The highest BCUT2D eigenvalue weighted by Crippen LogP contribution is 2.31. The third-order valence-corrected chi connectivity index (χ3v) is 4.51. The summed E-state index contributed by atoms with van der Waals surface area (Å²) in [6, 6.07) is 12.5. The number of amides is 1. The largest absolute Gasteiger partial charge is 0.493 e. The van der Waals surface area contributed by atoms with Crippen LogP contribution in [0.1, 0.15) is 38.3 Å².